The standard InChI is InChI=1S/C25H23BrN2O4/c1-32-13-5-12-27-24(30)20-19-10-8-16-14-17(26)9-11-18(16)28(19)22(21(20)25(27)31)23(29)15-6-3-2-4-7-15/h2-4,6-11,14,19-22H,5,12-13H2,1H3/t19-,20+,21+,22-/m1/s1. The number of imide groups is 1. The highest BCUT2D eigenvalue weighted by Crippen LogP contribution is 2.49. The van der Waals surface area contributed by atoms with Gasteiger partial charge in [0.1, 0.15) is 6.04 Å². The topological polar surface area (TPSA) is 66.9 Å². The highest BCUT2D eigenvalue weighted by Gasteiger charge is 2.63. The molecule has 2 saturated heterocycles. The second kappa shape index (κ2) is 8.30. The number of benzene rings is 2. The van der Waals surface area contributed by atoms with Crippen LogP contribution in [-0.4, -0.2) is 54.8 Å². The second-order valence-electron chi connectivity index (χ2n) is 8.36. The molecule has 0 spiro atoms. The van der Waals surface area contributed by atoms with Crippen molar-refractivity contribution in [1.82, 2.24) is 4.90 Å². The number of carbonyl (C=O) groups is 3. The number of carbonyl (C=O) groups excluding carboxylic acids is 3. The van der Waals surface area contributed by atoms with Crippen molar-refractivity contribution in [2.45, 2.75) is 18.5 Å². The van der Waals surface area contributed by atoms with Gasteiger partial charge in [-0.15, -0.1) is 0 Å². The van der Waals surface area contributed by atoms with Crippen LogP contribution in [0.25, 0.3) is 6.08 Å². The van der Waals surface area contributed by atoms with Crippen LogP contribution in [0.5, 0.6) is 0 Å². The average molecular weight is 495 g/mol. The van der Waals surface area contributed by atoms with Crippen LogP contribution in [0.2, 0.25) is 0 Å². The first-order valence-electron chi connectivity index (χ1n) is 10.7. The summed E-state index contributed by atoms with van der Waals surface area (Å²) in [5.41, 5.74) is 2.37. The van der Waals surface area contributed by atoms with Crippen LogP contribution >= 0.6 is 15.9 Å². The van der Waals surface area contributed by atoms with Crippen molar-refractivity contribution >= 4 is 45.3 Å². The van der Waals surface area contributed by atoms with Crippen LogP contribution in [-0.2, 0) is 14.3 Å². The Morgan fingerprint density at radius 2 is 1.81 bits per heavy atom. The van der Waals surface area contributed by atoms with Gasteiger partial charge in [0.2, 0.25) is 11.8 Å². The number of likely N-dealkylation sites (tertiary alicyclic amines) is 1. The van der Waals surface area contributed by atoms with Gasteiger partial charge in [0.25, 0.3) is 0 Å². The summed E-state index contributed by atoms with van der Waals surface area (Å²) in [5, 5.41) is 0. The van der Waals surface area contributed by atoms with E-state index in [1.807, 2.05) is 53.5 Å². The van der Waals surface area contributed by atoms with Gasteiger partial charge in [-0.25, -0.2) is 0 Å². The number of anilines is 1. The lowest BCUT2D eigenvalue weighted by Gasteiger charge is -2.36. The maximum Gasteiger partial charge on any atom is 0.235 e. The van der Waals surface area contributed by atoms with Crippen LogP contribution in [0.3, 0.4) is 0 Å². The summed E-state index contributed by atoms with van der Waals surface area (Å²) < 4.78 is 6.02. The average Bonchev–Trinajstić information content (AvgIpc) is 3.27. The maximum absolute atomic E-state index is 13.8. The largest absolute Gasteiger partial charge is 0.385 e. The molecule has 3 heterocycles. The Kier molecular flexibility index (Phi) is 5.47. The minimum absolute atomic E-state index is 0.132. The number of hydrogen-bond donors (Lipinski definition) is 0. The molecule has 2 aromatic rings. The van der Waals surface area contributed by atoms with E-state index in [-0.39, 0.29) is 23.6 Å². The Morgan fingerprint density at radius 1 is 1.06 bits per heavy atom. The van der Waals surface area contributed by atoms with E-state index in [1.54, 1.807) is 19.2 Å². The Hall–Kier alpha value is -2.77. The minimum atomic E-state index is -0.735. The first-order valence-corrected chi connectivity index (χ1v) is 11.5. The molecular weight excluding hydrogens is 472 g/mol. The number of Topliss-reactive ketones (excluding diaryl/α,β-unsaturated/α-hetero) is 1. The third-order valence-corrected chi connectivity index (χ3v) is 7.11. The number of methoxy groups -OCH3 is 1. The van der Waals surface area contributed by atoms with Crippen LogP contribution in [0.4, 0.5) is 5.69 Å². The van der Waals surface area contributed by atoms with Crippen LogP contribution in [0, 0.1) is 11.8 Å². The zero-order valence-electron chi connectivity index (χ0n) is 17.6. The van der Waals surface area contributed by atoms with Crippen LogP contribution < -0.4 is 4.90 Å². The third-order valence-electron chi connectivity index (χ3n) is 6.62. The van der Waals surface area contributed by atoms with E-state index >= 15 is 0 Å². The summed E-state index contributed by atoms with van der Waals surface area (Å²) in [5.74, 6) is -1.86. The molecule has 0 radical (unpaired) electrons. The Morgan fingerprint density at radius 3 is 2.56 bits per heavy atom. The first kappa shape index (κ1) is 21.1. The van der Waals surface area contributed by atoms with E-state index in [9.17, 15) is 14.4 Å². The van der Waals surface area contributed by atoms with Crippen molar-refractivity contribution in [3.05, 3.63) is 70.2 Å². The van der Waals surface area contributed by atoms with Gasteiger partial charge in [-0.2, -0.15) is 0 Å². The van der Waals surface area contributed by atoms with Crippen molar-refractivity contribution in [2.24, 2.45) is 11.8 Å². The fraction of sp³-hybridized carbons (Fsp3) is 0.320. The van der Waals surface area contributed by atoms with E-state index in [0.717, 1.165) is 15.7 Å². The quantitative estimate of drug-likeness (QED) is 0.349. The van der Waals surface area contributed by atoms with Crippen molar-refractivity contribution in [1.29, 1.82) is 0 Å². The molecule has 7 heteroatoms. The van der Waals surface area contributed by atoms with Crippen LogP contribution in [0.15, 0.2) is 59.1 Å². The molecule has 0 N–H and O–H groups in total. The van der Waals surface area contributed by atoms with Crippen molar-refractivity contribution in [2.75, 3.05) is 25.2 Å². The summed E-state index contributed by atoms with van der Waals surface area (Å²) in [4.78, 5) is 44.0. The van der Waals surface area contributed by atoms with E-state index in [0.29, 0.717) is 25.1 Å². The molecule has 2 aromatic carbocycles. The van der Waals surface area contributed by atoms with E-state index in [4.69, 9.17) is 4.74 Å². The Labute approximate surface area is 195 Å². The molecule has 3 aliphatic rings. The van der Waals surface area contributed by atoms with E-state index < -0.39 is 17.9 Å². The second-order valence-corrected chi connectivity index (χ2v) is 9.28. The van der Waals surface area contributed by atoms with Gasteiger partial charge < -0.3 is 9.64 Å². The van der Waals surface area contributed by atoms with Gasteiger partial charge in [0, 0.05) is 36.0 Å². The minimum Gasteiger partial charge on any atom is -0.385 e. The maximum atomic E-state index is 13.8. The highest BCUT2D eigenvalue weighted by atomic mass is 79.9. The number of halogens is 1. The smallest absolute Gasteiger partial charge is 0.235 e. The van der Waals surface area contributed by atoms with Gasteiger partial charge in [0.05, 0.1) is 17.9 Å². The third kappa shape index (κ3) is 3.22. The summed E-state index contributed by atoms with van der Waals surface area (Å²) in [6.07, 6.45) is 4.53. The van der Waals surface area contributed by atoms with E-state index in [2.05, 4.69) is 15.9 Å². The molecule has 0 saturated carbocycles. The number of ketones is 1. The molecule has 32 heavy (non-hydrogen) atoms. The Bertz CT molecular complexity index is 1120. The lowest BCUT2D eigenvalue weighted by atomic mass is 9.86. The number of fused-ring (bicyclic) bond motifs is 5. The van der Waals surface area contributed by atoms with Gasteiger partial charge >= 0.3 is 0 Å². The molecule has 4 atom stereocenters. The summed E-state index contributed by atoms with van der Waals surface area (Å²) >= 11 is 3.50. The van der Waals surface area contributed by atoms with Gasteiger partial charge in [-0.1, -0.05) is 58.4 Å². The lowest BCUT2D eigenvalue weighted by Crippen LogP contribution is -2.48. The molecule has 5 rings (SSSR count). The Balaban J connectivity index is 1.59. The molecule has 2 amide bonds. The number of amides is 2. The zero-order chi connectivity index (χ0) is 22.4. The lowest BCUT2D eigenvalue weighted by molar-refractivity contribution is -0.140. The molecule has 6 nitrogen and oxygen atoms in total. The number of ether oxygens (including phenoxy) is 1. The van der Waals surface area contributed by atoms with Gasteiger partial charge in [0.15, 0.2) is 5.78 Å². The fourth-order valence-corrected chi connectivity index (χ4v) is 5.65. The zero-order valence-corrected chi connectivity index (χ0v) is 19.2. The van der Waals surface area contributed by atoms with Crippen molar-refractivity contribution in [3.8, 4) is 0 Å². The van der Waals surface area contributed by atoms with Gasteiger partial charge in [-0.3, -0.25) is 19.3 Å². The molecule has 0 unspecified atom stereocenters. The molecule has 164 valence electrons. The van der Waals surface area contributed by atoms with Gasteiger partial charge in [-0.05, 0) is 30.2 Å². The molecule has 0 aliphatic carbocycles. The van der Waals surface area contributed by atoms with Crippen LogP contribution in [0.1, 0.15) is 22.3 Å². The van der Waals surface area contributed by atoms with Crippen molar-refractivity contribution in [3.63, 3.8) is 0 Å². The predicted octanol–water partition coefficient (Wildman–Crippen LogP) is 3.55. The number of nitrogens with zero attached hydrogens (tertiary/aromatic N) is 2. The normalized spacial score (nSPS) is 25.7. The molecular formula is C25H23BrN2O4. The van der Waals surface area contributed by atoms with Crippen molar-refractivity contribution < 1.29 is 19.1 Å². The van der Waals surface area contributed by atoms with E-state index in [1.165, 1.54) is 4.90 Å². The molecule has 3 aliphatic heterocycles. The monoisotopic (exact) mass is 494 g/mol. The molecule has 2 fully saturated rings. The summed E-state index contributed by atoms with van der Waals surface area (Å²) in [7, 11) is 1.59. The summed E-state index contributed by atoms with van der Waals surface area (Å²) in [6, 6.07) is 13.8. The molecule has 0 aromatic heterocycles. The molecule has 0 bridgehead atoms. The highest BCUT2D eigenvalue weighted by molar-refractivity contribution is 9.10. The summed E-state index contributed by atoms with van der Waals surface area (Å²) in [6.45, 7) is 0.779. The SMILES string of the molecule is COCCCN1C(=O)[C@@H]2[C@H](C1=O)[C@H](C(=O)c1ccccc1)N1c3ccc(Br)cc3C=C[C@H]21. The predicted molar refractivity (Wildman–Crippen MR) is 124 cm³/mol. The number of hydrogen-bond acceptors (Lipinski definition) is 5. The first-order chi connectivity index (χ1) is 15.5. The number of rotatable bonds is 6. The fourth-order valence-electron chi connectivity index (χ4n) is 5.27.